The van der Waals surface area contributed by atoms with Gasteiger partial charge in [-0.2, -0.15) is 0 Å². The molecular weight excluding hydrogens is 180 g/mol. The summed E-state index contributed by atoms with van der Waals surface area (Å²) < 4.78 is 0. The molecule has 82 valence electrons. The van der Waals surface area contributed by atoms with Crippen molar-refractivity contribution in [1.29, 1.82) is 0 Å². The fourth-order valence-electron chi connectivity index (χ4n) is 1.29. The van der Waals surface area contributed by atoms with E-state index in [2.05, 4.69) is 6.08 Å². The highest BCUT2D eigenvalue weighted by atomic mass is 16.4. The normalized spacial score (nSPS) is 13.3. The molecule has 0 saturated carbocycles. The highest BCUT2D eigenvalue weighted by Gasteiger charge is 2.08. The number of carboxylic acid groups (broad SMARTS) is 1. The van der Waals surface area contributed by atoms with Gasteiger partial charge in [-0.15, -0.1) is 0 Å². The first kappa shape index (κ1) is 13.2. The van der Waals surface area contributed by atoms with Gasteiger partial charge in [0.25, 0.3) is 0 Å². The Morgan fingerprint density at radius 2 is 2.07 bits per heavy atom. The number of allylic oxidation sites excluding steroid dienone is 2. The first-order valence-electron chi connectivity index (χ1n) is 5.17. The molecular formula is C11H20O3. The third-order valence-electron chi connectivity index (χ3n) is 2.05. The van der Waals surface area contributed by atoms with Crippen LogP contribution in [-0.4, -0.2) is 22.3 Å². The van der Waals surface area contributed by atoms with E-state index in [1.165, 1.54) is 0 Å². The molecule has 0 fully saturated rings. The molecule has 0 bridgehead atoms. The summed E-state index contributed by atoms with van der Waals surface area (Å²) in [6.45, 7) is 2.00. The fourth-order valence-corrected chi connectivity index (χ4v) is 1.29. The molecule has 0 aromatic heterocycles. The number of hydrogen-bond donors (Lipinski definition) is 2. The quantitative estimate of drug-likeness (QED) is 0.467. The maximum atomic E-state index is 10.2. The number of hydrogen-bond acceptors (Lipinski definition) is 2. The molecule has 1 unspecified atom stereocenters. The number of carboxylic acids is 1. The molecule has 0 amide bonds. The second-order valence-electron chi connectivity index (χ2n) is 3.46. The molecule has 3 nitrogen and oxygen atoms in total. The first-order valence-corrected chi connectivity index (χ1v) is 5.17. The van der Waals surface area contributed by atoms with Gasteiger partial charge in [0.2, 0.25) is 0 Å². The van der Waals surface area contributed by atoms with Crippen molar-refractivity contribution in [3.63, 3.8) is 0 Å². The molecule has 2 N–H and O–H groups in total. The van der Waals surface area contributed by atoms with Gasteiger partial charge < -0.3 is 10.2 Å². The van der Waals surface area contributed by atoms with Crippen LogP contribution in [0.1, 0.15) is 45.4 Å². The largest absolute Gasteiger partial charge is 0.481 e. The highest BCUT2D eigenvalue weighted by Crippen LogP contribution is 2.08. The molecule has 0 aromatic rings. The maximum Gasteiger partial charge on any atom is 0.305 e. The molecule has 0 heterocycles. The zero-order valence-electron chi connectivity index (χ0n) is 8.78. The van der Waals surface area contributed by atoms with Crippen LogP contribution in [0.2, 0.25) is 0 Å². The van der Waals surface area contributed by atoms with Gasteiger partial charge in [0.15, 0.2) is 0 Å². The standard InChI is InChI=1S/C11H20O3/c1-2-3-4-5-6-7-8-10(12)9-11(13)14/h2-3,10,12H,4-9H2,1H3,(H,13,14). The Kier molecular flexibility index (Phi) is 8.24. The van der Waals surface area contributed by atoms with E-state index >= 15 is 0 Å². The SMILES string of the molecule is CC=CCCCCCC(O)CC(=O)O. The zero-order chi connectivity index (χ0) is 10.8. The number of rotatable bonds is 8. The third-order valence-corrected chi connectivity index (χ3v) is 2.05. The smallest absolute Gasteiger partial charge is 0.305 e. The van der Waals surface area contributed by atoms with Crippen molar-refractivity contribution >= 4 is 5.97 Å². The van der Waals surface area contributed by atoms with Gasteiger partial charge in [0, 0.05) is 0 Å². The lowest BCUT2D eigenvalue weighted by molar-refractivity contribution is -0.139. The molecule has 0 spiro atoms. The summed E-state index contributed by atoms with van der Waals surface area (Å²) in [6, 6.07) is 0. The van der Waals surface area contributed by atoms with Gasteiger partial charge in [-0.25, -0.2) is 0 Å². The van der Waals surface area contributed by atoms with E-state index in [0.29, 0.717) is 6.42 Å². The number of unbranched alkanes of at least 4 members (excludes halogenated alkanes) is 3. The first-order chi connectivity index (χ1) is 6.66. The minimum absolute atomic E-state index is 0.130. The molecule has 1 atom stereocenters. The molecule has 0 rings (SSSR count). The molecule has 0 aromatic carbocycles. The summed E-state index contributed by atoms with van der Waals surface area (Å²) in [5.41, 5.74) is 0. The van der Waals surface area contributed by atoms with Crippen LogP contribution >= 0.6 is 0 Å². The van der Waals surface area contributed by atoms with Crippen LogP contribution in [0.5, 0.6) is 0 Å². The topological polar surface area (TPSA) is 57.5 Å². The predicted octanol–water partition coefficient (Wildman–Crippen LogP) is 2.35. The van der Waals surface area contributed by atoms with E-state index in [0.717, 1.165) is 25.7 Å². The summed E-state index contributed by atoms with van der Waals surface area (Å²) in [5, 5.41) is 17.6. The van der Waals surface area contributed by atoms with Gasteiger partial charge in [-0.3, -0.25) is 4.79 Å². The minimum atomic E-state index is -0.925. The van der Waals surface area contributed by atoms with Crippen LogP contribution in [0.3, 0.4) is 0 Å². The minimum Gasteiger partial charge on any atom is -0.481 e. The number of aliphatic hydroxyl groups is 1. The monoisotopic (exact) mass is 200 g/mol. The van der Waals surface area contributed by atoms with Crippen LogP contribution < -0.4 is 0 Å². The van der Waals surface area contributed by atoms with E-state index in [4.69, 9.17) is 5.11 Å². The van der Waals surface area contributed by atoms with Crippen molar-refractivity contribution < 1.29 is 15.0 Å². The van der Waals surface area contributed by atoms with Crippen molar-refractivity contribution in [2.75, 3.05) is 0 Å². The second kappa shape index (κ2) is 8.75. The van der Waals surface area contributed by atoms with Crippen molar-refractivity contribution in [2.24, 2.45) is 0 Å². The second-order valence-corrected chi connectivity index (χ2v) is 3.46. The van der Waals surface area contributed by atoms with Crippen molar-refractivity contribution in [3.05, 3.63) is 12.2 Å². The molecule has 14 heavy (non-hydrogen) atoms. The van der Waals surface area contributed by atoms with Crippen LogP contribution in [0.25, 0.3) is 0 Å². The van der Waals surface area contributed by atoms with Crippen LogP contribution in [0.4, 0.5) is 0 Å². The lowest BCUT2D eigenvalue weighted by atomic mass is 10.1. The van der Waals surface area contributed by atoms with E-state index in [1.807, 2.05) is 13.0 Å². The van der Waals surface area contributed by atoms with E-state index in [-0.39, 0.29) is 6.42 Å². The van der Waals surface area contributed by atoms with Gasteiger partial charge in [-0.05, 0) is 26.2 Å². The van der Waals surface area contributed by atoms with Crippen LogP contribution in [0.15, 0.2) is 12.2 Å². The van der Waals surface area contributed by atoms with Crippen molar-refractivity contribution in [3.8, 4) is 0 Å². The fraction of sp³-hybridized carbons (Fsp3) is 0.727. The summed E-state index contributed by atoms with van der Waals surface area (Å²) in [5.74, 6) is -0.925. The third kappa shape index (κ3) is 9.26. The van der Waals surface area contributed by atoms with Crippen LogP contribution in [0, 0.1) is 0 Å². The Morgan fingerprint density at radius 1 is 1.36 bits per heavy atom. The molecule has 0 aliphatic carbocycles. The highest BCUT2D eigenvalue weighted by molar-refractivity contribution is 5.67. The van der Waals surface area contributed by atoms with Crippen molar-refractivity contribution in [1.82, 2.24) is 0 Å². The molecule has 0 aliphatic heterocycles. The molecule has 3 heteroatoms. The Hall–Kier alpha value is -0.830. The Balaban J connectivity index is 3.22. The van der Waals surface area contributed by atoms with E-state index in [1.54, 1.807) is 0 Å². The molecule has 0 saturated heterocycles. The zero-order valence-corrected chi connectivity index (χ0v) is 8.78. The summed E-state index contributed by atoms with van der Waals surface area (Å²) in [7, 11) is 0. The van der Waals surface area contributed by atoms with Gasteiger partial charge in [0.05, 0.1) is 12.5 Å². The number of carbonyl (C=O) groups is 1. The summed E-state index contributed by atoms with van der Waals surface area (Å²) >= 11 is 0. The predicted molar refractivity (Wildman–Crippen MR) is 56.2 cm³/mol. The summed E-state index contributed by atoms with van der Waals surface area (Å²) in [6.07, 6.45) is 8.10. The average molecular weight is 200 g/mol. The maximum absolute atomic E-state index is 10.2. The Labute approximate surface area is 85.4 Å². The van der Waals surface area contributed by atoms with Gasteiger partial charge in [-0.1, -0.05) is 25.0 Å². The van der Waals surface area contributed by atoms with Crippen LogP contribution in [-0.2, 0) is 4.79 Å². The van der Waals surface area contributed by atoms with E-state index < -0.39 is 12.1 Å². The van der Waals surface area contributed by atoms with E-state index in [9.17, 15) is 9.90 Å². The molecule has 0 aliphatic rings. The molecule has 0 radical (unpaired) electrons. The van der Waals surface area contributed by atoms with Crippen molar-refractivity contribution in [2.45, 2.75) is 51.6 Å². The summed E-state index contributed by atoms with van der Waals surface area (Å²) in [4.78, 5) is 10.2. The Morgan fingerprint density at radius 3 is 2.64 bits per heavy atom. The number of aliphatic hydroxyl groups excluding tert-OH is 1. The number of aliphatic carboxylic acids is 1. The Bertz CT molecular complexity index is 175. The van der Waals surface area contributed by atoms with Gasteiger partial charge in [0.1, 0.15) is 0 Å². The van der Waals surface area contributed by atoms with Gasteiger partial charge >= 0.3 is 5.97 Å². The average Bonchev–Trinajstić information content (AvgIpc) is 2.10. The lowest BCUT2D eigenvalue weighted by Gasteiger charge is -2.06. The lowest BCUT2D eigenvalue weighted by Crippen LogP contribution is -2.12.